The van der Waals surface area contributed by atoms with E-state index >= 15 is 0 Å². The molecule has 1 unspecified atom stereocenters. The number of nitrogens with zero attached hydrogens (tertiary/aromatic N) is 1. The first kappa shape index (κ1) is 18.2. The smallest absolute Gasteiger partial charge is 0.225 e. The molecule has 0 aliphatic carbocycles. The zero-order valence-corrected chi connectivity index (χ0v) is 15.8. The number of carbonyl (C=O) groups is 1. The minimum absolute atomic E-state index is 0.0108. The molecule has 1 amide bonds. The van der Waals surface area contributed by atoms with Crippen molar-refractivity contribution in [2.24, 2.45) is 11.8 Å². The lowest BCUT2D eigenvalue weighted by Gasteiger charge is -2.46. The molecule has 0 radical (unpaired) electrons. The second kappa shape index (κ2) is 7.77. The van der Waals surface area contributed by atoms with Gasteiger partial charge in [-0.15, -0.1) is 0 Å². The van der Waals surface area contributed by atoms with Crippen LogP contribution in [0.25, 0.3) is 0 Å². The SMILES string of the molecule is COc1ccc(CC2CCOC3(CCN(C(=O)C(C)C)CC3)C2)cc1. The molecule has 25 heavy (non-hydrogen) atoms. The fourth-order valence-corrected chi connectivity index (χ4v) is 4.25. The highest BCUT2D eigenvalue weighted by Gasteiger charge is 2.41. The maximum absolute atomic E-state index is 12.2. The number of methoxy groups -OCH3 is 1. The molecule has 1 aromatic carbocycles. The third-order valence-corrected chi connectivity index (χ3v) is 5.76. The molecule has 0 saturated carbocycles. The molecule has 138 valence electrons. The summed E-state index contributed by atoms with van der Waals surface area (Å²) in [6.07, 6.45) is 5.30. The van der Waals surface area contributed by atoms with Crippen molar-refractivity contribution in [1.29, 1.82) is 0 Å². The van der Waals surface area contributed by atoms with E-state index in [9.17, 15) is 4.79 Å². The van der Waals surface area contributed by atoms with E-state index in [2.05, 4.69) is 12.1 Å². The van der Waals surface area contributed by atoms with Crippen molar-refractivity contribution in [2.45, 2.75) is 51.6 Å². The van der Waals surface area contributed by atoms with E-state index in [-0.39, 0.29) is 17.4 Å². The first-order chi connectivity index (χ1) is 12.0. The van der Waals surface area contributed by atoms with E-state index in [0.717, 1.165) is 57.6 Å². The highest BCUT2D eigenvalue weighted by Crippen LogP contribution is 2.39. The van der Waals surface area contributed by atoms with Crippen LogP contribution in [0.1, 0.15) is 45.1 Å². The van der Waals surface area contributed by atoms with Gasteiger partial charge in [-0.2, -0.15) is 0 Å². The molecule has 2 fully saturated rings. The van der Waals surface area contributed by atoms with Crippen molar-refractivity contribution < 1.29 is 14.3 Å². The fourth-order valence-electron chi connectivity index (χ4n) is 4.25. The first-order valence-electron chi connectivity index (χ1n) is 9.57. The Balaban J connectivity index is 1.57. The summed E-state index contributed by atoms with van der Waals surface area (Å²) in [5.74, 6) is 1.94. The Morgan fingerprint density at radius 3 is 2.56 bits per heavy atom. The minimum Gasteiger partial charge on any atom is -0.497 e. The van der Waals surface area contributed by atoms with E-state index in [1.54, 1.807) is 7.11 Å². The zero-order valence-electron chi connectivity index (χ0n) is 15.8. The van der Waals surface area contributed by atoms with Gasteiger partial charge in [0.05, 0.1) is 12.7 Å². The van der Waals surface area contributed by atoms with Gasteiger partial charge in [-0.1, -0.05) is 26.0 Å². The van der Waals surface area contributed by atoms with Crippen LogP contribution in [-0.2, 0) is 16.0 Å². The Kier molecular flexibility index (Phi) is 5.67. The third kappa shape index (κ3) is 4.35. The highest BCUT2D eigenvalue weighted by atomic mass is 16.5. The van der Waals surface area contributed by atoms with E-state index in [0.29, 0.717) is 5.92 Å². The average molecular weight is 345 g/mol. The Morgan fingerprint density at radius 1 is 1.28 bits per heavy atom. The molecule has 0 N–H and O–H groups in total. The quantitative estimate of drug-likeness (QED) is 0.835. The Morgan fingerprint density at radius 2 is 1.96 bits per heavy atom. The number of rotatable bonds is 4. The lowest BCUT2D eigenvalue weighted by Crippen LogP contribution is -2.51. The number of hydrogen-bond donors (Lipinski definition) is 0. The highest BCUT2D eigenvalue weighted by molar-refractivity contribution is 5.78. The molecule has 4 heteroatoms. The number of carbonyl (C=O) groups excluding carboxylic acids is 1. The van der Waals surface area contributed by atoms with Crippen LogP contribution >= 0.6 is 0 Å². The van der Waals surface area contributed by atoms with Gasteiger partial charge in [0, 0.05) is 25.6 Å². The predicted molar refractivity (Wildman–Crippen MR) is 98.8 cm³/mol. The standard InChI is InChI=1S/C21H31NO3/c1-16(2)20(23)22-11-9-21(10-12-22)15-18(8-13-25-21)14-17-4-6-19(24-3)7-5-17/h4-7,16,18H,8-15H2,1-3H3. The van der Waals surface area contributed by atoms with Crippen LogP contribution in [0.4, 0.5) is 0 Å². The van der Waals surface area contributed by atoms with Crippen LogP contribution in [0.15, 0.2) is 24.3 Å². The summed E-state index contributed by atoms with van der Waals surface area (Å²) in [6.45, 7) is 6.49. The largest absolute Gasteiger partial charge is 0.497 e. The predicted octanol–water partition coefficient (Wildman–Crippen LogP) is 3.68. The minimum atomic E-state index is -0.0108. The Labute approximate surface area is 151 Å². The van der Waals surface area contributed by atoms with Crippen molar-refractivity contribution >= 4 is 5.91 Å². The summed E-state index contributed by atoms with van der Waals surface area (Å²) in [5, 5.41) is 0. The van der Waals surface area contributed by atoms with Crippen LogP contribution in [0.3, 0.4) is 0 Å². The van der Waals surface area contributed by atoms with Gasteiger partial charge >= 0.3 is 0 Å². The maximum atomic E-state index is 12.2. The number of piperidine rings is 1. The fraction of sp³-hybridized carbons (Fsp3) is 0.667. The average Bonchev–Trinajstić information content (AvgIpc) is 2.62. The van der Waals surface area contributed by atoms with Crippen LogP contribution in [0.5, 0.6) is 5.75 Å². The molecule has 0 bridgehead atoms. The number of hydrogen-bond acceptors (Lipinski definition) is 3. The summed E-state index contributed by atoms with van der Waals surface area (Å²) in [5.41, 5.74) is 1.36. The van der Waals surface area contributed by atoms with E-state index in [4.69, 9.17) is 9.47 Å². The van der Waals surface area contributed by atoms with Gasteiger partial charge in [0.15, 0.2) is 0 Å². The molecular formula is C21H31NO3. The lowest BCUT2D eigenvalue weighted by molar-refractivity contribution is -0.149. The monoisotopic (exact) mass is 345 g/mol. The summed E-state index contributed by atoms with van der Waals surface area (Å²) >= 11 is 0. The molecular weight excluding hydrogens is 314 g/mol. The van der Waals surface area contributed by atoms with Gasteiger partial charge in [0.1, 0.15) is 5.75 Å². The van der Waals surface area contributed by atoms with Crippen molar-refractivity contribution in [1.82, 2.24) is 4.90 Å². The van der Waals surface area contributed by atoms with E-state index in [1.807, 2.05) is 30.9 Å². The van der Waals surface area contributed by atoms with E-state index < -0.39 is 0 Å². The molecule has 4 nitrogen and oxygen atoms in total. The number of amides is 1. The van der Waals surface area contributed by atoms with Crippen LogP contribution in [-0.4, -0.2) is 43.2 Å². The van der Waals surface area contributed by atoms with Gasteiger partial charge in [-0.25, -0.2) is 0 Å². The molecule has 1 atom stereocenters. The van der Waals surface area contributed by atoms with Crippen LogP contribution in [0.2, 0.25) is 0 Å². The van der Waals surface area contributed by atoms with Gasteiger partial charge in [-0.3, -0.25) is 4.79 Å². The van der Waals surface area contributed by atoms with Crippen molar-refractivity contribution in [3.8, 4) is 5.75 Å². The summed E-state index contributed by atoms with van der Waals surface area (Å²) < 4.78 is 11.5. The molecule has 2 saturated heterocycles. The molecule has 2 aliphatic rings. The summed E-state index contributed by atoms with van der Waals surface area (Å²) in [7, 11) is 1.70. The molecule has 2 aliphatic heterocycles. The van der Waals surface area contributed by atoms with Crippen LogP contribution < -0.4 is 4.74 Å². The molecule has 0 aromatic heterocycles. The molecule has 1 aromatic rings. The van der Waals surface area contributed by atoms with E-state index in [1.165, 1.54) is 5.56 Å². The second-order valence-corrected chi connectivity index (χ2v) is 7.92. The maximum Gasteiger partial charge on any atom is 0.225 e. The number of likely N-dealkylation sites (tertiary alicyclic amines) is 1. The third-order valence-electron chi connectivity index (χ3n) is 5.76. The normalized spacial score (nSPS) is 23.0. The van der Waals surface area contributed by atoms with Gasteiger partial charge in [0.25, 0.3) is 0 Å². The topological polar surface area (TPSA) is 38.8 Å². The zero-order chi connectivity index (χ0) is 17.9. The summed E-state index contributed by atoms with van der Waals surface area (Å²) in [6, 6.07) is 8.43. The van der Waals surface area contributed by atoms with Crippen molar-refractivity contribution in [2.75, 3.05) is 26.8 Å². The number of benzene rings is 1. The van der Waals surface area contributed by atoms with Crippen LogP contribution in [0, 0.1) is 11.8 Å². The number of ether oxygens (including phenoxy) is 2. The summed E-state index contributed by atoms with van der Waals surface area (Å²) in [4.78, 5) is 14.2. The van der Waals surface area contributed by atoms with Gasteiger partial charge in [0.2, 0.25) is 5.91 Å². The van der Waals surface area contributed by atoms with Gasteiger partial charge in [-0.05, 0) is 55.7 Å². The molecule has 3 rings (SSSR count). The molecule has 1 spiro atoms. The lowest BCUT2D eigenvalue weighted by atomic mass is 9.77. The Hall–Kier alpha value is -1.55. The molecule has 2 heterocycles. The second-order valence-electron chi connectivity index (χ2n) is 7.92. The Bertz CT molecular complexity index is 573. The first-order valence-corrected chi connectivity index (χ1v) is 9.57. The van der Waals surface area contributed by atoms with Crippen molar-refractivity contribution in [3.63, 3.8) is 0 Å². The van der Waals surface area contributed by atoms with Crippen molar-refractivity contribution in [3.05, 3.63) is 29.8 Å². The van der Waals surface area contributed by atoms with Gasteiger partial charge < -0.3 is 14.4 Å².